The molecule has 2 aromatic rings. The fraction of sp³-hybridized carbons (Fsp3) is 0.333. The van der Waals surface area contributed by atoms with Crippen molar-refractivity contribution in [3.05, 3.63) is 65.7 Å². The molecule has 0 radical (unpaired) electrons. The van der Waals surface area contributed by atoms with Gasteiger partial charge in [-0.3, -0.25) is 19.7 Å². The molecule has 37 heavy (non-hydrogen) atoms. The Labute approximate surface area is 221 Å². The molecule has 1 fully saturated rings. The largest absolute Gasteiger partial charge is 0.493 e. The van der Waals surface area contributed by atoms with Gasteiger partial charge in [-0.2, -0.15) is 0 Å². The van der Waals surface area contributed by atoms with Gasteiger partial charge in [0, 0.05) is 19.2 Å². The van der Waals surface area contributed by atoms with Gasteiger partial charge in [-0.05, 0) is 54.4 Å². The van der Waals surface area contributed by atoms with Crippen molar-refractivity contribution in [2.75, 3.05) is 33.9 Å². The Morgan fingerprint density at radius 1 is 1.14 bits per heavy atom. The summed E-state index contributed by atoms with van der Waals surface area (Å²) in [7, 11) is 3.07. The zero-order valence-electron chi connectivity index (χ0n) is 20.9. The van der Waals surface area contributed by atoms with Gasteiger partial charge in [0.25, 0.3) is 0 Å². The summed E-state index contributed by atoms with van der Waals surface area (Å²) in [6.07, 6.45) is 4.23. The lowest BCUT2D eigenvalue weighted by Gasteiger charge is -2.36. The number of amides is 2. The van der Waals surface area contributed by atoms with Gasteiger partial charge < -0.3 is 24.4 Å². The Morgan fingerprint density at radius 3 is 2.62 bits per heavy atom. The minimum Gasteiger partial charge on any atom is -0.493 e. The number of ether oxygens (including phenoxy) is 3. The van der Waals surface area contributed by atoms with E-state index >= 15 is 0 Å². The minimum atomic E-state index is -0.863. The second kappa shape index (κ2) is 14.0. The summed E-state index contributed by atoms with van der Waals surface area (Å²) in [5, 5.41) is 5.41. The number of carbonyl (C=O) groups excluding carboxylic acids is 3. The number of benzene rings is 2. The maximum atomic E-state index is 12.5. The first-order valence-electron chi connectivity index (χ1n) is 11.9. The van der Waals surface area contributed by atoms with Crippen molar-refractivity contribution in [3.8, 4) is 11.5 Å². The highest BCUT2D eigenvalue weighted by Gasteiger charge is 2.34. The second-order valence-corrected chi connectivity index (χ2v) is 8.64. The van der Waals surface area contributed by atoms with Gasteiger partial charge in [0.2, 0.25) is 11.8 Å². The van der Waals surface area contributed by atoms with Gasteiger partial charge in [-0.15, -0.1) is 0 Å². The average molecular weight is 526 g/mol. The second-order valence-electron chi connectivity index (χ2n) is 8.26. The van der Waals surface area contributed by atoms with Crippen molar-refractivity contribution in [1.82, 2.24) is 15.5 Å². The number of thiocarbonyl (C=S) groups is 1. The molecular weight excluding hydrogens is 494 g/mol. The van der Waals surface area contributed by atoms with Crippen molar-refractivity contribution >= 4 is 41.2 Å². The van der Waals surface area contributed by atoms with E-state index in [9.17, 15) is 14.4 Å². The van der Waals surface area contributed by atoms with E-state index in [0.717, 1.165) is 17.5 Å². The molecule has 2 aromatic carbocycles. The van der Waals surface area contributed by atoms with E-state index in [1.165, 1.54) is 13.2 Å². The Morgan fingerprint density at radius 2 is 1.89 bits per heavy atom. The fourth-order valence-corrected chi connectivity index (χ4v) is 4.15. The van der Waals surface area contributed by atoms with E-state index < -0.39 is 17.9 Å². The molecule has 3 rings (SSSR count). The smallest absolute Gasteiger partial charge is 0.308 e. The summed E-state index contributed by atoms with van der Waals surface area (Å²) in [4.78, 5) is 39.0. The van der Waals surface area contributed by atoms with Gasteiger partial charge in [-0.25, -0.2) is 0 Å². The van der Waals surface area contributed by atoms with Crippen molar-refractivity contribution in [1.29, 1.82) is 0 Å². The van der Waals surface area contributed by atoms with Gasteiger partial charge in [-0.1, -0.05) is 36.4 Å². The monoisotopic (exact) mass is 525 g/mol. The van der Waals surface area contributed by atoms with Crippen molar-refractivity contribution in [3.63, 3.8) is 0 Å². The summed E-state index contributed by atoms with van der Waals surface area (Å²) in [6, 6.07) is 14.3. The molecule has 2 amide bonds. The maximum absolute atomic E-state index is 12.5. The van der Waals surface area contributed by atoms with Crippen LogP contribution in [0.5, 0.6) is 11.5 Å². The van der Waals surface area contributed by atoms with E-state index in [-0.39, 0.29) is 24.0 Å². The number of methoxy groups -OCH3 is 2. The van der Waals surface area contributed by atoms with Crippen LogP contribution < -0.4 is 20.1 Å². The molecule has 1 aliphatic rings. The van der Waals surface area contributed by atoms with Crippen LogP contribution in [0.1, 0.15) is 24.0 Å². The molecule has 9 nitrogen and oxygen atoms in total. The predicted octanol–water partition coefficient (Wildman–Crippen LogP) is 2.48. The van der Waals surface area contributed by atoms with Gasteiger partial charge in [0.1, 0.15) is 6.04 Å². The lowest BCUT2D eigenvalue weighted by Crippen LogP contribution is -2.60. The molecule has 1 unspecified atom stereocenters. The van der Waals surface area contributed by atoms with Crippen LogP contribution in [0.25, 0.3) is 6.08 Å². The molecule has 1 saturated heterocycles. The lowest BCUT2D eigenvalue weighted by molar-refractivity contribution is -0.147. The standard InChI is InChI=1S/C27H31N3O6S/c1-34-22-12-10-20(17-23(22)35-2)11-13-24(31)29-27(37)30-15-14-28-26(33)21(30)18-25(32)36-16-6-9-19-7-4-3-5-8-19/h3-5,7-8,10-13,17,21H,6,9,14-16,18H2,1-2H3,(H,28,33)(H,29,31,37). The Bertz CT molecular complexity index is 1140. The van der Waals surface area contributed by atoms with Crippen LogP contribution in [-0.2, 0) is 25.5 Å². The Hall–Kier alpha value is -3.92. The number of piperazine rings is 1. The highest BCUT2D eigenvalue weighted by Crippen LogP contribution is 2.27. The number of hydrogen-bond acceptors (Lipinski definition) is 7. The highest BCUT2D eigenvalue weighted by molar-refractivity contribution is 7.80. The van der Waals surface area contributed by atoms with Crippen LogP contribution in [0.4, 0.5) is 0 Å². The third-order valence-corrected chi connectivity index (χ3v) is 6.07. The van der Waals surface area contributed by atoms with E-state index in [0.29, 0.717) is 31.0 Å². The first kappa shape index (κ1) is 27.7. The molecule has 1 heterocycles. The van der Waals surface area contributed by atoms with Crippen LogP contribution in [0.2, 0.25) is 0 Å². The molecule has 196 valence electrons. The zero-order valence-corrected chi connectivity index (χ0v) is 21.7. The zero-order chi connectivity index (χ0) is 26.6. The molecule has 2 N–H and O–H groups in total. The normalized spacial score (nSPS) is 15.1. The Kier molecular flexibility index (Phi) is 10.5. The van der Waals surface area contributed by atoms with Crippen LogP contribution in [-0.4, -0.2) is 67.8 Å². The van der Waals surface area contributed by atoms with Gasteiger partial charge in [0.05, 0.1) is 27.2 Å². The number of nitrogens with one attached hydrogen (secondary N) is 2. The molecule has 0 bridgehead atoms. The van der Waals surface area contributed by atoms with E-state index in [1.54, 1.807) is 36.3 Å². The summed E-state index contributed by atoms with van der Waals surface area (Å²) < 4.78 is 15.8. The quantitative estimate of drug-likeness (QED) is 0.211. The number of carbonyl (C=O) groups is 3. The Balaban J connectivity index is 1.52. The third kappa shape index (κ3) is 8.32. The molecule has 0 saturated carbocycles. The van der Waals surface area contributed by atoms with Gasteiger partial charge in [0.15, 0.2) is 16.6 Å². The molecule has 1 atom stereocenters. The lowest BCUT2D eigenvalue weighted by atomic mass is 10.1. The number of aryl methyl sites for hydroxylation is 1. The summed E-state index contributed by atoms with van der Waals surface area (Å²) in [5.74, 6) is -0.190. The third-order valence-electron chi connectivity index (χ3n) is 5.73. The van der Waals surface area contributed by atoms with Crippen LogP contribution in [0.15, 0.2) is 54.6 Å². The molecule has 10 heteroatoms. The molecule has 0 aromatic heterocycles. The molecule has 0 aliphatic carbocycles. The van der Waals surface area contributed by atoms with Crippen LogP contribution in [0.3, 0.4) is 0 Å². The number of hydrogen-bond donors (Lipinski definition) is 2. The molecule has 1 aliphatic heterocycles. The number of esters is 1. The SMILES string of the molecule is COc1ccc(C=CC(=O)NC(=S)N2CCNC(=O)C2CC(=O)OCCCc2ccccc2)cc1OC. The fourth-order valence-electron chi connectivity index (χ4n) is 3.83. The topological polar surface area (TPSA) is 106 Å². The number of rotatable bonds is 10. The van der Waals surface area contributed by atoms with Crippen molar-refractivity contribution in [2.45, 2.75) is 25.3 Å². The molecule has 0 spiro atoms. The van der Waals surface area contributed by atoms with E-state index in [2.05, 4.69) is 10.6 Å². The van der Waals surface area contributed by atoms with E-state index in [4.69, 9.17) is 26.4 Å². The van der Waals surface area contributed by atoms with Crippen molar-refractivity contribution in [2.24, 2.45) is 0 Å². The van der Waals surface area contributed by atoms with Crippen LogP contribution in [0, 0.1) is 0 Å². The highest BCUT2D eigenvalue weighted by atomic mass is 32.1. The van der Waals surface area contributed by atoms with Gasteiger partial charge >= 0.3 is 5.97 Å². The first-order valence-corrected chi connectivity index (χ1v) is 12.3. The van der Waals surface area contributed by atoms with Crippen LogP contribution >= 0.6 is 12.2 Å². The summed E-state index contributed by atoms with van der Waals surface area (Å²) >= 11 is 5.39. The van der Waals surface area contributed by atoms with E-state index in [1.807, 2.05) is 30.3 Å². The predicted molar refractivity (Wildman–Crippen MR) is 143 cm³/mol. The minimum absolute atomic E-state index is 0.0682. The number of nitrogens with zero attached hydrogens (tertiary/aromatic N) is 1. The average Bonchev–Trinajstić information content (AvgIpc) is 2.91. The van der Waals surface area contributed by atoms with Crippen molar-refractivity contribution < 1.29 is 28.6 Å². The summed E-state index contributed by atoms with van der Waals surface area (Å²) in [5.41, 5.74) is 1.89. The summed E-state index contributed by atoms with van der Waals surface area (Å²) in [6.45, 7) is 0.958. The first-order chi connectivity index (χ1) is 17.9. The molecular formula is C27H31N3O6S. The maximum Gasteiger partial charge on any atom is 0.308 e.